The number of hydrogen-bond donors (Lipinski definition) is 1. The Bertz CT molecular complexity index is 564. The Balaban J connectivity index is 0.00000288. The highest BCUT2D eigenvalue weighted by Crippen LogP contribution is 2.46. The summed E-state index contributed by atoms with van der Waals surface area (Å²) in [7, 11) is 0. The van der Waals surface area contributed by atoms with Crippen LogP contribution in [0.5, 0.6) is 0 Å². The quantitative estimate of drug-likeness (QED) is 0.723. The van der Waals surface area contributed by atoms with Crippen LogP contribution in [-0.4, -0.2) is 31.1 Å². The fraction of sp³-hybridized carbons (Fsp3) is 0.625. The van der Waals surface area contributed by atoms with Gasteiger partial charge in [0.1, 0.15) is 5.82 Å². The molecule has 24 heavy (non-hydrogen) atoms. The van der Waals surface area contributed by atoms with Crippen molar-refractivity contribution in [3.63, 3.8) is 0 Å². The minimum atomic E-state index is -4.63. The van der Waals surface area contributed by atoms with Crippen LogP contribution >= 0.6 is 24.0 Å². The Labute approximate surface area is 151 Å². The number of nitrogens with one attached hydrogen (secondary N) is 1. The van der Waals surface area contributed by atoms with E-state index in [1.807, 2.05) is 25.7 Å². The number of halogens is 6. The molecule has 1 atom stereocenters. The molecule has 0 radical (unpaired) electrons. The third kappa shape index (κ3) is 4.54. The van der Waals surface area contributed by atoms with Crippen molar-refractivity contribution in [1.82, 2.24) is 10.2 Å². The molecule has 1 aliphatic rings. The van der Waals surface area contributed by atoms with Gasteiger partial charge < -0.3 is 5.32 Å². The van der Waals surface area contributed by atoms with Crippen LogP contribution in [0.15, 0.2) is 12.1 Å². The maximum absolute atomic E-state index is 14.7. The number of piperazine rings is 1. The normalized spacial score (nSPS) is 18.2. The van der Waals surface area contributed by atoms with Crippen molar-refractivity contribution in [2.45, 2.75) is 33.0 Å². The maximum atomic E-state index is 14.7. The van der Waals surface area contributed by atoms with Crippen molar-refractivity contribution >= 4 is 24.0 Å². The molecule has 1 saturated heterocycles. The Hall–Kier alpha value is -0.560. The SMILES string of the molecule is CC(C)(C)[C@@H](c1c(C(F)(F)F)ccc(Cl)c1F)N1CCNCC1.Cl. The fourth-order valence-corrected chi connectivity index (χ4v) is 3.35. The van der Waals surface area contributed by atoms with E-state index in [4.69, 9.17) is 11.6 Å². The van der Waals surface area contributed by atoms with E-state index < -0.39 is 29.0 Å². The van der Waals surface area contributed by atoms with E-state index in [1.165, 1.54) is 0 Å². The molecule has 1 aliphatic heterocycles. The predicted molar refractivity (Wildman–Crippen MR) is 90.3 cm³/mol. The largest absolute Gasteiger partial charge is 0.416 e. The van der Waals surface area contributed by atoms with Crippen molar-refractivity contribution in [2.75, 3.05) is 26.2 Å². The smallest absolute Gasteiger partial charge is 0.314 e. The van der Waals surface area contributed by atoms with Crippen LogP contribution in [0, 0.1) is 11.2 Å². The average Bonchev–Trinajstić information content (AvgIpc) is 2.42. The summed E-state index contributed by atoms with van der Waals surface area (Å²) in [5.41, 5.74) is -1.87. The summed E-state index contributed by atoms with van der Waals surface area (Å²) in [5, 5.41) is 2.88. The number of benzene rings is 1. The first-order valence-corrected chi connectivity index (χ1v) is 7.91. The van der Waals surface area contributed by atoms with Gasteiger partial charge >= 0.3 is 6.18 Å². The fourth-order valence-electron chi connectivity index (χ4n) is 3.18. The lowest BCUT2D eigenvalue weighted by molar-refractivity contribution is -0.139. The summed E-state index contributed by atoms with van der Waals surface area (Å²) in [6, 6.07) is 1.14. The van der Waals surface area contributed by atoms with Gasteiger partial charge in [0, 0.05) is 37.8 Å². The van der Waals surface area contributed by atoms with Gasteiger partial charge in [0.25, 0.3) is 0 Å². The molecular weight excluding hydrogens is 367 g/mol. The van der Waals surface area contributed by atoms with E-state index in [2.05, 4.69) is 5.32 Å². The van der Waals surface area contributed by atoms with Crippen molar-refractivity contribution in [2.24, 2.45) is 5.41 Å². The summed E-state index contributed by atoms with van der Waals surface area (Å²) in [4.78, 5) is 1.90. The molecule has 0 spiro atoms. The standard InChI is InChI=1S/C16H21ClF4N2.ClH/c1-15(2,3)14(23-8-6-22-7-9-23)12-10(16(19,20)21)4-5-11(17)13(12)18;/h4-5,14,22H,6-9H2,1-3H3;1H/t14-;/m1./s1. The number of rotatable bonds is 2. The van der Waals surface area contributed by atoms with Crippen LogP contribution in [0.2, 0.25) is 5.02 Å². The average molecular weight is 389 g/mol. The molecule has 1 aromatic carbocycles. The minimum absolute atomic E-state index is 0. The first kappa shape index (κ1) is 21.5. The second-order valence-electron chi connectivity index (χ2n) is 6.87. The number of nitrogens with zero attached hydrogens (tertiary/aromatic N) is 1. The Kier molecular flexibility index (Phi) is 6.95. The lowest BCUT2D eigenvalue weighted by Gasteiger charge is -2.43. The van der Waals surface area contributed by atoms with E-state index in [0.29, 0.717) is 26.2 Å². The first-order valence-electron chi connectivity index (χ1n) is 7.53. The van der Waals surface area contributed by atoms with E-state index in [-0.39, 0.29) is 23.0 Å². The molecule has 0 saturated carbocycles. The predicted octanol–water partition coefficient (Wildman–Crippen LogP) is 4.91. The van der Waals surface area contributed by atoms with Crippen molar-refractivity contribution < 1.29 is 17.6 Å². The molecule has 1 fully saturated rings. The van der Waals surface area contributed by atoms with Crippen LogP contribution in [0.4, 0.5) is 17.6 Å². The molecule has 8 heteroatoms. The Morgan fingerprint density at radius 1 is 1.12 bits per heavy atom. The van der Waals surface area contributed by atoms with Gasteiger partial charge in [-0.05, 0) is 17.5 Å². The summed E-state index contributed by atoms with van der Waals surface area (Å²) in [6.45, 7) is 7.91. The lowest BCUT2D eigenvalue weighted by Crippen LogP contribution is -2.49. The molecule has 0 aliphatic carbocycles. The van der Waals surface area contributed by atoms with Crippen LogP contribution in [0.25, 0.3) is 0 Å². The third-order valence-electron chi connectivity index (χ3n) is 4.05. The van der Waals surface area contributed by atoms with Crippen LogP contribution in [-0.2, 0) is 6.18 Å². The van der Waals surface area contributed by atoms with Crippen LogP contribution < -0.4 is 5.32 Å². The van der Waals surface area contributed by atoms with Crippen molar-refractivity contribution in [3.05, 3.63) is 34.1 Å². The highest BCUT2D eigenvalue weighted by atomic mass is 35.5. The second-order valence-corrected chi connectivity index (χ2v) is 7.28. The van der Waals surface area contributed by atoms with E-state index in [0.717, 1.165) is 12.1 Å². The molecule has 2 rings (SSSR count). The highest BCUT2D eigenvalue weighted by Gasteiger charge is 2.43. The Morgan fingerprint density at radius 3 is 2.12 bits per heavy atom. The monoisotopic (exact) mass is 388 g/mol. The first-order chi connectivity index (χ1) is 10.5. The molecule has 2 nitrogen and oxygen atoms in total. The van der Waals surface area contributed by atoms with Gasteiger partial charge in [0.05, 0.1) is 10.6 Å². The van der Waals surface area contributed by atoms with Gasteiger partial charge in [-0.1, -0.05) is 32.4 Å². The molecule has 0 aromatic heterocycles. The summed E-state index contributed by atoms with van der Waals surface area (Å²) >= 11 is 5.80. The van der Waals surface area contributed by atoms with E-state index >= 15 is 0 Å². The van der Waals surface area contributed by atoms with E-state index in [1.54, 1.807) is 0 Å². The van der Waals surface area contributed by atoms with Gasteiger partial charge in [0.15, 0.2) is 0 Å². The third-order valence-corrected chi connectivity index (χ3v) is 4.34. The second kappa shape index (κ2) is 7.77. The van der Waals surface area contributed by atoms with Gasteiger partial charge in [-0.15, -0.1) is 12.4 Å². The number of hydrogen-bond acceptors (Lipinski definition) is 2. The molecule has 1 N–H and O–H groups in total. The Morgan fingerprint density at radius 2 is 1.67 bits per heavy atom. The van der Waals surface area contributed by atoms with Crippen LogP contribution in [0.3, 0.4) is 0 Å². The molecule has 0 amide bonds. The van der Waals surface area contributed by atoms with Crippen molar-refractivity contribution in [3.8, 4) is 0 Å². The molecular formula is C16H22Cl2F4N2. The van der Waals surface area contributed by atoms with Gasteiger partial charge in [-0.2, -0.15) is 13.2 Å². The van der Waals surface area contributed by atoms with E-state index in [9.17, 15) is 17.6 Å². The summed E-state index contributed by atoms with van der Waals surface area (Å²) in [5.74, 6) is -0.972. The van der Waals surface area contributed by atoms with Gasteiger partial charge in [-0.3, -0.25) is 4.90 Å². The van der Waals surface area contributed by atoms with Crippen LogP contribution in [0.1, 0.15) is 37.9 Å². The molecule has 0 bridgehead atoms. The van der Waals surface area contributed by atoms with Gasteiger partial charge in [0.2, 0.25) is 0 Å². The minimum Gasteiger partial charge on any atom is -0.314 e. The molecule has 138 valence electrons. The summed E-state index contributed by atoms with van der Waals surface area (Å²) < 4.78 is 55.0. The highest BCUT2D eigenvalue weighted by molar-refractivity contribution is 6.30. The topological polar surface area (TPSA) is 15.3 Å². The molecule has 1 aromatic rings. The van der Waals surface area contributed by atoms with Crippen molar-refractivity contribution in [1.29, 1.82) is 0 Å². The molecule has 0 unspecified atom stereocenters. The summed E-state index contributed by atoms with van der Waals surface area (Å²) in [6.07, 6.45) is -4.63. The number of alkyl halides is 3. The zero-order chi connectivity index (χ0) is 17.4. The zero-order valence-electron chi connectivity index (χ0n) is 13.8. The lowest BCUT2D eigenvalue weighted by atomic mass is 9.79. The van der Waals surface area contributed by atoms with Gasteiger partial charge in [-0.25, -0.2) is 4.39 Å². The maximum Gasteiger partial charge on any atom is 0.416 e. The molecule has 1 heterocycles. The zero-order valence-corrected chi connectivity index (χ0v) is 15.4.